The van der Waals surface area contributed by atoms with Gasteiger partial charge in [0.25, 0.3) is 0 Å². The van der Waals surface area contributed by atoms with Crippen LogP contribution < -0.4 is 5.73 Å². The number of esters is 2. The molecule has 0 spiro atoms. The van der Waals surface area contributed by atoms with Gasteiger partial charge >= 0.3 is 11.9 Å². The Kier molecular flexibility index (Phi) is 5.72. The molecule has 2 N–H and O–H groups in total. The third-order valence-electron chi connectivity index (χ3n) is 3.20. The van der Waals surface area contributed by atoms with E-state index in [1.165, 1.54) is 24.3 Å². The Morgan fingerprint density at radius 3 is 2.36 bits per heavy atom. The van der Waals surface area contributed by atoms with Crippen molar-refractivity contribution in [3.05, 3.63) is 51.4 Å². The monoisotopic (exact) mass is 355 g/mol. The second-order valence-corrected chi connectivity index (χ2v) is 5.80. The highest BCUT2D eigenvalue weighted by Gasteiger charge is 2.24. The van der Waals surface area contributed by atoms with Gasteiger partial charge in [0.1, 0.15) is 22.6 Å². The first-order chi connectivity index (χ1) is 12.0. The molecule has 7 nitrogen and oxygen atoms in total. The van der Waals surface area contributed by atoms with Crippen LogP contribution in [0, 0.1) is 22.7 Å². The topological polar surface area (TPSA) is 126 Å². The number of hydrogen-bond donors (Lipinski definition) is 1. The van der Waals surface area contributed by atoms with E-state index in [1.54, 1.807) is 6.92 Å². The van der Waals surface area contributed by atoms with Gasteiger partial charge in [-0.2, -0.15) is 10.5 Å². The number of thiophene rings is 1. The molecule has 0 saturated carbocycles. The summed E-state index contributed by atoms with van der Waals surface area (Å²) in [5, 5.41) is 18.1. The van der Waals surface area contributed by atoms with Gasteiger partial charge in [0.2, 0.25) is 0 Å². The highest BCUT2D eigenvalue weighted by atomic mass is 32.1. The Balaban J connectivity index is 2.21. The molecule has 8 heteroatoms. The van der Waals surface area contributed by atoms with Gasteiger partial charge < -0.3 is 15.2 Å². The number of nitrogens with zero attached hydrogens (tertiary/aromatic N) is 2. The van der Waals surface area contributed by atoms with Crippen molar-refractivity contribution in [2.24, 2.45) is 0 Å². The highest BCUT2D eigenvalue weighted by molar-refractivity contribution is 7.18. The van der Waals surface area contributed by atoms with Gasteiger partial charge in [-0.15, -0.1) is 11.3 Å². The standard InChI is InChI=1S/C17H13N3O4S/c1-2-23-17(22)14-13(12(8-19)15(20)25-14)9-24-16(21)11-5-3-10(7-18)4-6-11/h3-6H,2,9,20H2,1H3. The number of anilines is 1. The van der Waals surface area contributed by atoms with E-state index in [4.69, 9.17) is 20.5 Å². The van der Waals surface area contributed by atoms with Crippen molar-refractivity contribution < 1.29 is 19.1 Å². The Bertz CT molecular complexity index is 888. The van der Waals surface area contributed by atoms with Crippen LogP contribution in [0.2, 0.25) is 0 Å². The zero-order chi connectivity index (χ0) is 18.4. The zero-order valence-electron chi connectivity index (χ0n) is 13.2. The second kappa shape index (κ2) is 7.95. The molecule has 0 aliphatic heterocycles. The van der Waals surface area contributed by atoms with Crippen LogP contribution in [0.1, 0.15) is 43.6 Å². The maximum Gasteiger partial charge on any atom is 0.348 e. The molecule has 0 aliphatic carbocycles. The number of nitrogens with two attached hydrogens (primary N) is 1. The summed E-state index contributed by atoms with van der Waals surface area (Å²) in [6, 6.07) is 9.76. The molecule has 1 aromatic heterocycles. The lowest BCUT2D eigenvalue weighted by molar-refractivity contribution is 0.0452. The summed E-state index contributed by atoms with van der Waals surface area (Å²) in [6.45, 7) is 1.54. The number of nitriles is 2. The predicted molar refractivity (Wildman–Crippen MR) is 89.7 cm³/mol. The first-order valence-corrected chi connectivity index (χ1v) is 7.99. The fourth-order valence-corrected chi connectivity index (χ4v) is 2.93. The molecular weight excluding hydrogens is 342 g/mol. The highest BCUT2D eigenvalue weighted by Crippen LogP contribution is 2.32. The van der Waals surface area contributed by atoms with Crippen LogP contribution in [-0.4, -0.2) is 18.5 Å². The molecule has 1 heterocycles. The Morgan fingerprint density at radius 2 is 1.80 bits per heavy atom. The summed E-state index contributed by atoms with van der Waals surface area (Å²) in [4.78, 5) is 24.2. The number of carbonyl (C=O) groups excluding carboxylic acids is 2. The molecule has 0 atom stereocenters. The van der Waals surface area contributed by atoms with Gasteiger partial charge in [-0.1, -0.05) is 0 Å². The third-order valence-corrected chi connectivity index (χ3v) is 4.25. The molecule has 0 fully saturated rings. The third kappa shape index (κ3) is 3.94. The summed E-state index contributed by atoms with van der Waals surface area (Å²) >= 11 is 0.919. The molecule has 1 aromatic carbocycles. The Morgan fingerprint density at radius 1 is 1.12 bits per heavy atom. The van der Waals surface area contributed by atoms with Crippen molar-refractivity contribution in [1.82, 2.24) is 0 Å². The Labute approximate surface area is 147 Å². The minimum atomic E-state index is -0.645. The van der Waals surface area contributed by atoms with Crippen molar-refractivity contribution in [2.75, 3.05) is 12.3 Å². The van der Waals surface area contributed by atoms with E-state index in [0.717, 1.165) is 11.3 Å². The molecular formula is C17H13N3O4S. The summed E-state index contributed by atoms with van der Waals surface area (Å²) in [7, 11) is 0. The van der Waals surface area contributed by atoms with Crippen molar-refractivity contribution >= 4 is 28.3 Å². The average molecular weight is 355 g/mol. The largest absolute Gasteiger partial charge is 0.462 e. The van der Waals surface area contributed by atoms with Crippen LogP contribution in [-0.2, 0) is 16.1 Å². The number of rotatable bonds is 5. The van der Waals surface area contributed by atoms with Crippen LogP contribution in [0.5, 0.6) is 0 Å². The normalized spacial score (nSPS) is 9.72. The maximum atomic E-state index is 12.1. The number of hydrogen-bond acceptors (Lipinski definition) is 8. The van der Waals surface area contributed by atoms with Crippen LogP contribution in [0.25, 0.3) is 0 Å². The van der Waals surface area contributed by atoms with E-state index < -0.39 is 11.9 Å². The quantitative estimate of drug-likeness (QED) is 0.817. The summed E-state index contributed by atoms with van der Waals surface area (Å²) in [5.74, 6) is -1.27. The van der Waals surface area contributed by atoms with Crippen molar-refractivity contribution in [3.63, 3.8) is 0 Å². The molecule has 126 valence electrons. The van der Waals surface area contributed by atoms with E-state index in [-0.39, 0.29) is 39.8 Å². The molecule has 0 unspecified atom stereocenters. The van der Waals surface area contributed by atoms with Gasteiger partial charge in [-0.25, -0.2) is 9.59 Å². The number of carbonyl (C=O) groups is 2. The van der Waals surface area contributed by atoms with E-state index in [0.29, 0.717) is 5.56 Å². The van der Waals surface area contributed by atoms with E-state index in [2.05, 4.69) is 0 Å². The Hall–Kier alpha value is -3.36. The van der Waals surface area contributed by atoms with E-state index in [9.17, 15) is 14.9 Å². The fraction of sp³-hybridized carbons (Fsp3) is 0.176. The second-order valence-electron chi connectivity index (χ2n) is 4.75. The number of benzene rings is 1. The van der Waals surface area contributed by atoms with Crippen LogP contribution in [0.4, 0.5) is 5.00 Å². The SMILES string of the molecule is CCOC(=O)c1sc(N)c(C#N)c1COC(=O)c1ccc(C#N)cc1. The predicted octanol–water partition coefficient (Wildman–Crippen LogP) is 2.61. The smallest absolute Gasteiger partial charge is 0.348 e. The molecule has 2 aromatic rings. The van der Waals surface area contributed by atoms with Crippen LogP contribution in [0.15, 0.2) is 24.3 Å². The van der Waals surface area contributed by atoms with Gasteiger partial charge in [-0.3, -0.25) is 0 Å². The molecule has 2 rings (SSSR count). The zero-order valence-corrected chi connectivity index (χ0v) is 14.1. The van der Waals surface area contributed by atoms with Crippen molar-refractivity contribution in [2.45, 2.75) is 13.5 Å². The lowest BCUT2D eigenvalue weighted by Crippen LogP contribution is -2.10. The number of ether oxygens (including phenoxy) is 2. The molecule has 0 saturated heterocycles. The van der Waals surface area contributed by atoms with Gasteiger partial charge in [0.05, 0.1) is 29.4 Å². The van der Waals surface area contributed by atoms with E-state index >= 15 is 0 Å². The fourth-order valence-electron chi connectivity index (χ4n) is 2.01. The molecule has 0 bridgehead atoms. The average Bonchev–Trinajstić information content (AvgIpc) is 2.95. The van der Waals surface area contributed by atoms with Gasteiger partial charge in [0.15, 0.2) is 0 Å². The van der Waals surface area contributed by atoms with Crippen molar-refractivity contribution in [1.29, 1.82) is 10.5 Å². The molecule has 0 aliphatic rings. The minimum absolute atomic E-state index is 0.0979. The lowest BCUT2D eigenvalue weighted by atomic mass is 10.1. The summed E-state index contributed by atoms with van der Waals surface area (Å²) in [5.41, 5.74) is 6.74. The first kappa shape index (κ1) is 18.0. The summed E-state index contributed by atoms with van der Waals surface area (Å²) in [6.07, 6.45) is 0. The van der Waals surface area contributed by atoms with Gasteiger partial charge in [0, 0.05) is 5.56 Å². The van der Waals surface area contributed by atoms with Gasteiger partial charge in [-0.05, 0) is 31.2 Å². The summed E-state index contributed by atoms with van der Waals surface area (Å²) < 4.78 is 10.1. The van der Waals surface area contributed by atoms with Crippen molar-refractivity contribution in [3.8, 4) is 12.1 Å². The van der Waals surface area contributed by atoms with Crippen LogP contribution in [0.3, 0.4) is 0 Å². The maximum absolute atomic E-state index is 12.1. The van der Waals surface area contributed by atoms with Crippen LogP contribution >= 0.6 is 11.3 Å². The lowest BCUT2D eigenvalue weighted by Gasteiger charge is -2.07. The number of nitrogen functional groups attached to an aromatic ring is 1. The first-order valence-electron chi connectivity index (χ1n) is 7.17. The molecule has 0 radical (unpaired) electrons. The molecule has 0 amide bonds. The van der Waals surface area contributed by atoms with E-state index in [1.807, 2.05) is 12.1 Å². The minimum Gasteiger partial charge on any atom is -0.462 e. The molecule has 25 heavy (non-hydrogen) atoms.